The molecule has 0 aliphatic rings. The highest BCUT2D eigenvalue weighted by Crippen LogP contribution is 2.47. The highest BCUT2D eigenvalue weighted by Gasteiger charge is 2.20. The summed E-state index contributed by atoms with van der Waals surface area (Å²) in [5, 5.41) is 4.79. The Bertz CT molecular complexity index is 1870. The van der Waals surface area contributed by atoms with Crippen molar-refractivity contribution in [1.82, 2.24) is 0 Å². The topological polar surface area (TPSA) is 18.5 Å². The van der Waals surface area contributed by atoms with Crippen LogP contribution in [0.25, 0.3) is 54.9 Å². The summed E-state index contributed by atoms with van der Waals surface area (Å²) in [5.41, 5.74) is 9.71. The number of ether oxygens (including phenoxy) is 2. The minimum atomic E-state index is 0.711. The Morgan fingerprint density at radius 3 is 1.13 bits per heavy atom. The second kappa shape index (κ2) is 18.8. The number of hydrogen-bond donors (Lipinski definition) is 0. The van der Waals surface area contributed by atoms with Gasteiger partial charge in [0.05, 0.1) is 13.2 Å². The van der Waals surface area contributed by atoms with Crippen LogP contribution in [-0.4, -0.2) is 13.2 Å². The van der Waals surface area contributed by atoms with Gasteiger partial charge in [0.15, 0.2) is 0 Å². The first-order chi connectivity index (χ1) is 25.6. The molecular weight excluding hydrogens is 633 g/mol. The van der Waals surface area contributed by atoms with Gasteiger partial charge in [-0.05, 0) is 94.8 Å². The molecule has 6 rings (SSSR count). The van der Waals surface area contributed by atoms with Crippen molar-refractivity contribution in [3.63, 3.8) is 0 Å². The van der Waals surface area contributed by atoms with Crippen LogP contribution in [0.4, 0.5) is 0 Å². The zero-order chi connectivity index (χ0) is 36.1. The maximum Gasteiger partial charge on any atom is 0.127 e. The number of unbranched alkanes of at least 4 members (excludes halogenated alkanes) is 10. The Kier molecular flexibility index (Phi) is 13.4. The van der Waals surface area contributed by atoms with Crippen molar-refractivity contribution < 1.29 is 9.47 Å². The third-order valence-corrected chi connectivity index (χ3v) is 10.5. The van der Waals surface area contributed by atoms with Crippen LogP contribution < -0.4 is 9.47 Å². The lowest BCUT2D eigenvalue weighted by Crippen LogP contribution is -2.03. The molecule has 0 amide bonds. The molecule has 0 saturated heterocycles. The maximum absolute atomic E-state index is 6.77. The van der Waals surface area contributed by atoms with E-state index in [0.717, 1.165) is 35.5 Å². The molecule has 6 aromatic carbocycles. The third-order valence-electron chi connectivity index (χ3n) is 10.5. The van der Waals surface area contributed by atoms with Gasteiger partial charge in [0, 0.05) is 11.1 Å². The monoisotopic (exact) mass is 690 g/mol. The summed E-state index contributed by atoms with van der Waals surface area (Å²) >= 11 is 0. The van der Waals surface area contributed by atoms with Gasteiger partial charge in [0.1, 0.15) is 11.5 Å². The van der Waals surface area contributed by atoms with Crippen LogP contribution in [-0.2, 0) is 0 Å². The molecule has 0 spiro atoms. The van der Waals surface area contributed by atoms with E-state index in [1.165, 1.54) is 119 Å². The van der Waals surface area contributed by atoms with Crippen LogP contribution in [0.5, 0.6) is 11.5 Å². The predicted molar refractivity (Wildman–Crippen MR) is 225 cm³/mol. The summed E-state index contributed by atoms with van der Waals surface area (Å²) < 4.78 is 13.5. The third kappa shape index (κ3) is 9.45. The second-order valence-corrected chi connectivity index (χ2v) is 14.7. The lowest BCUT2D eigenvalue weighted by molar-refractivity contribution is 0.302. The van der Waals surface area contributed by atoms with Crippen molar-refractivity contribution in [1.29, 1.82) is 0 Å². The number of hydrogen-bond acceptors (Lipinski definition) is 2. The fourth-order valence-electron chi connectivity index (χ4n) is 7.36. The lowest BCUT2D eigenvalue weighted by Gasteiger charge is -2.20. The fourth-order valence-corrected chi connectivity index (χ4v) is 7.36. The molecule has 0 heterocycles. The van der Waals surface area contributed by atoms with E-state index in [1.807, 2.05) is 0 Å². The Morgan fingerprint density at radius 2 is 0.731 bits per heavy atom. The second-order valence-electron chi connectivity index (χ2n) is 14.7. The zero-order valence-corrected chi connectivity index (χ0v) is 32.1. The molecule has 0 radical (unpaired) electrons. The Hall–Kier alpha value is -4.56. The maximum atomic E-state index is 6.77. The number of fused-ring (bicyclic) bond motifs is 2. The van der Waals surface area contributed by atoms with Gasteiger partial charge in [-0.15, -0.1) is 0 Å². The number of rotatable bonds is 19. The molecule has 270 valence electrons. The van der Waals surface area contributed by atoms with E-state index in [0.29, 0.717) is 13.2 Å². The van der Waals surface area contributed by atoms with E-state index < -0.39 is 0 Å². The summed E-state index contributed by atoms with van der Waals surface area (Å²) in [4.78, 5) is 0. The van der Waals surface area contributed by atoms with Crippen molar-refractivity contribution in [3.05, 3.63) is 120 Å². The molecule has 6 aromatic rings. The van der Waals surface area contributed by atoms with Crippen molar-refractivity contribution in [2.24, 2.45) is 0 Å². The Balaban J connectivity index is 1.44. The SMILES string of the molecule is CCCCCCCCOc1ccc2cc(-c3ccc(C)cc3)ccc2c1-c1c(OCCCCCCCC)ccc2cc(-c3ccc(C)cc3)ccc12. The highest BCUT2D eigenvalue weighted by molar-refractivity contribution is 6.11. The highest BCUT2D eigenvalue weighted by atomic mass is 16.5. The molecule has 0 fully saturated rings. The van der Waals surface area contributed by atoms with Gasteiger partial charge in [-0.25, -0.2) is 0 Å². The first kappa shape index (κ1) is 37.2. The average molecular weight is 691 g/mol. The van der Waals surface area contributed by atoms with Crippen molar-refractivity contribution in [2.75, 3.05) is 13.2 Å². The van der Waals surface area contributed by atoms with E-state index in [-0.39, 0.29) is 0 Å². The minimum Gasteiger partial charge on any atom is -0.493 e. The van der Waals surface area contributed by atoms with Crippen molar-refractivity contribution in [3.8, 4) is 44.9 Å². The number of aryl methyl sites for hydroxylation is 2. The molecule has 0 aliphatic carbocycles. The van der Waals surface area contributed by atoms with Crippen LogP contribution in [0.15, 0.2) is 109 Å². The molecule has 0 aromatic heterocycles. The van der Waals surface area contributed by atoms with Gasteiger partial charge in [-0.2, -0.15) is 0 Å². The fraction of sp³-hybridized carbons (Fsp3) is 0.360. The summed E-state index contributed by atoms with van der Waals surface area (Å²) in [6, 6.07) is 40.3. The smallest absolute Gasteiger partial charge is 0.127 e. The van der Waals surface area contributed by atoms with Gasteiger partial charge in [0.2, 0.25) is 0 Å². The van der Waals surface area contributed by atoms with Crippen molar-refractivity contribution >= 4 is 21.5 Å². The summed E-state index contributed by atoms with van der Waals surface area (Å²) in [6.07, 6.45) is 14.8. The molecule has 0 unspecified atom stereocenters. The van der Waals surface area contributed by atoms with Gasteiger partial charge in [0.25, 0.3) is 0 Å². The first-order valence-corrected chi connectivity index (χ1v) is 20.1. The van der Waals surface area contributed by atoms with Gasteiger partial charge >= 0.3 is 0 Å². The quantitative estimate of drug-likeness (QED) is 0.0788. The molecular formula is C50H58O2. The molecule has 0 N–H and O–H groups in total. The van der Waals surface area contributed by atoms with Crippen LogP contribution in [0.3, 0.4) is 0 Å². The number of benzene rings is 6. The van der Waals surface area contributed by atoms with E-state index in [1.54, 1.807) is 0 Å². The molecule has 52 heavy (non-hydrogen) atoms. The summed E-state index contributed by atoms with van der Waals surface area (Å²) in [5.74, 6) is 1.87. The molecule has 0 saturated carbocycles. The van der Waals surface area contributed by atoms with Crippen LogP contribution in [0.2, 0.25) is 0 Å². The van der Waals surface area contributed by atoms with Crippen LogP contribution in [0, 0.1) is 13.8 Å². The molecule has 0 atom stereocenters. The van der Waals surface area contributed by atoms with Crippen LogP contribution >= 0.6 is 0 Å². The Morgan fingerprint density at radius 1 is 0.365 bits per heavy atom. The summed E-state index contributed by atoms with van der Waals surface area (Å²) in [6.45, 7) is 10.3. The first-order valence-electron chi connectivity index (χ1n) is 20.1. The summed E-state index contributed by atoms with van der Waals surface area (Å²) in [7, 11) is 0. The van der Waals surface area contributed by atoms with Crippen molar-refractivity contribution in [2.45, 2.75) is 105 Å². The van der Waals surface area contributed by atoms with Gasteiger partial charge in [-0.3, -0.25) is 0 Å². The average Bonchev–Trinajstić information content (AvgIpc) is 3.17. The van der Waals surface area contributed by atoms with E-state index >= 15 is 0 Å². The molecule has 2 nitrogen and oxygen atoms in total. The molecule has 2 heteroatoms. The van der Waals surface area contributed by atoms with Crippen LogP contribution in [0.1, 0.15) is 102 Å². The lowest BCUT2D eigenvalue weighted by atomic mass is 9.90. The molecule has 0 bridgehead atoms. The normalized spacial score (nSPS) is 11.4. The van der Waals surface area contributed by atoms with E-state index in [4.69, 9.17) is 9.47 Å². The Labute approximate surface area is 313 Å². The molecule has 0 aliphatic heterocycles. The standard InChI is InChI=1S/C50H58O2/c1-5-7-9-11-13-15-33-51-47-31-27-43-35-41(39-21-17-37(3)18-22-39)25-29-45(43)49(47)50-46-30-26-42(40-23-19-38(4)20-24-40)36-44(46)28-32-48(50)52-34-16-14-12-10-8-6-2/h17-32,35-36H,5-16,33-34H2,1-4H3. The van der Waals surface area contributed by atoms with Gasteiger partial charge in [-0.1, -0.05) is 174 Å². The predicted octanol–water partition coefficient (Wildman–Crippen LogP) is 15.1. The largest absolute Gasteiger partial charge is 0.493 e. The van der Waals surface area contributed by atoms with E-state index in [9.17, 15) is 0 Å². The minimum absolute atomic E-state index is 0.711. The zero-order valence-electron chi connectivity index (χ0n) is 32.1. The van der Waals surface area contributed by atoms with E-state index in [2.05, 4.69) is 137 Å². The van der Waals surface area contributed by atoms with Gasteiger partial charge < -0.3 is 9.47 Å².